The molecule has 6 nitrogen and oxygen atoms in total. The molecule has 0 bridgehead atoms. The average molecular weight is 384 g/mol. The number of anilines is 1. The van der Waals surface area contributed by atoms with Crippen LogP contribution >= 0.6 is 0 Å². The third kappa shape index (κ3) is 6.46. The van der Waals surface area contributed by atoms with E-state index in [1.165, 1.54) is 6.26 Å². The summed E-state index contributed by atoms with van der Waals surface area (Å²) in [6, 6.07) is 8.36. The number of nitrogens with zero attached hydrogens (tertiary/aromatic N) is 2. The minimum absolute atomic E-state index is 0.135. The normalized spacial score (nSPS) is 11.0. The van der Waals surface area contributed by atoms with Gasteiger partial charge in [-0.25, -0.2) is 13.1 Å². The fourth-order valence-electron chi connectivity index (χ4n) is 1.99. The first-order chi connectivity index (χ1) is 12.1. The number of rotatable bonds is 4. The summed E-state index contributed by atoms with van der Waals surface area (Å²) in [7, 11) is -3.23. The molecule has 2 aromatic rings. The number of aliphatic hydroxyl groups excluding tert-OH is 1. The Kier molecular flexibility index (Phi) is 9.59. The molecule has 1 aromatic heterocycles. The molecule has 0 atom stereocenters. The minimum atomic E-state index is -3.23. The van der Waals surface area contributed by atoms with Gasteiger partial charge in [0.2, 0.25) is 0 Å². The first-order valence-electron chi connectivity index (χ1n) is 8.89. The van der Waals surface area contributed by atoms with Crippen molar-refractivity contribution in [2.24, 2.45) is 0 Å². The first-order valence-corrected chi connectivity index (χ1v) is 10.8. The molecule has 0 spiro atoms. The highest BCUT2D eigenvalue weighted by molar-refractivity contribution is 7.90. The highest BCUT2D eigenvalue weighted by Gasteiger charge is 2.20. The van der Waals surface area contributed by atoms with E-state index in [1.54, 1.807) is 28.9 Å². The van der Waals surface area contributed by atoms with Gasteiger partial charge in [0.05, 0.1) is 16.3 Å². The lowest BCUT2D eigenvalue weighted by Crippen LogP contribution is -2.12. The molecule has 0 saturated heterocycles. The number of benzene rings is 1. The summed E-state index contributed by atoms with van der Waals surface area (Å²) in [5.74, 6) is 0.652. The number of hydrogen-bond donors (Lipinski definition) is 2. The van der Waals surface area contributed by atoms with Gasteiger partial charge in [-0.05, 0) is 24.3 Å². The van der Waals surface area contributed by atoms with Gasteiger partial charge in [0.25, 0.3) is 0 Å². The van der Waals surface area contributed by atoms with Gasteiger partial charge in [-0.2, -0.15) is 5.10 Å². The van der Waals surface area contributed by atoms with E-state index >= 15 is 0 Å². The first kappa shape index (κ1) is 24.1. The van der Waals surface area contributed by atoms with E-state index in [-0.39, 0.29) is 17.0 Å². The molecule has 2 N–H and O–H groups in total. The Morgan fingerprint density at radius 1 is 1.08 bits per heavy atom. The van der Waals surface area contributed by atoms with Crippen LogP contribution in [0.2, 0.25) is 0 Å². The molecule has 0 fully saturated rings. The van der Waals surface area contributed by atoms with Crippen molar-refractivity contribution < 1.29 is 13.5 Å². The van der Waals surface area contributed by atoms with Gasteiger partial charge in [0.1, 0.15) is 12.5 Å². The van der Waals surface area contributed by atoms with Gasteiger partial charge < -0.3 is 10.4 Å². The molecule has 1 heterocycles. The van der Waals surface area contributed by atoms with Crippen molar-refractivity contribution in [3.63, 3.8) is 0 Å². The van der Waals surface area contributed by atoms with Crippen LogP contribution in [0.5, 0.6) is 0 Å². The quantitative estimate of drug-likeness (QED) is 0.780. The highest BCUT2D eigenvalue weighted by atomic mass is 32.2. The van der Waals surface area contributed by atoms with Crippen LogP contribution in [-0.4, -0.2) is 36.3 Å². The Balaban J connectivity index is 0.00000146. The Morgan fingerprint density at radius 2 is 1.58 bits per heavy atom. The molecule has 0 amide bonds. The standard InChI is InChI=1S/C15H21N3O3S.2C2H6/c1-15(2,3)13-9-14(16-10-19)18(17-13)11-5-7-12(8-6-11)22(4,20)21;2*1-2/h5-9,16,19H,10H2,1-4H3;2*1-2H3. The van der Waals surface area contributed by atoms with E-state index in [2.05, 4.69) is 31.2 Å². The summed E-state index contributed by atoms with van der Waals surface area (Å²) in [5, 5.41) is 16.5. The molecular weight excluding hydrogens is 350 g/mol. The highest BCUT2D eigenvalue weighted by Crippen LogP contribution is 2.26. The van der Waals surface area contributed by atoms with Gasteiger partial charge in [-0.15, -0.1) is 0 Å². The molecule has 26 heavy (non-hydrogen) atoms. The fraction of sp³-hybridized carbons (Fsp3) is 0.526. The SMILES string of the molecule is CC.CC.CC(C)(C)c1cc(NCO)n(-c2ccc(S(C)(=O)=O)cc2)n1. The minimum Gasteiger partial charge on any atom is -0.377 e. The van der Waals surface area contributed by atoms with Gasteiger partial charge >= 0.3 is 0 Å². The van der Waals surface area contributed by atoms with Gasteiger partial charge in [-0.3, -0.25) is 0 Å². The molecule has 0 aliphatic carbocycles. The van der Waals surface area contributed by atoms with Crippen LogP contribution < -0.4 is 5.32 Å². The van der Waals surface area contributed by atoms with Crippen molar-refractivity contribution in [3.8, 4) is 5.69 Å². The van der Waals surface area contributed by atoms with Crippen molar-refractivity contribution in [2.45, 2.75) is 58.8 Å². The molecule has 2 rings (SSSR count). The molecule has 0 unspecified atom stereocenters. The van der Waals surface area contributed by atoms with E-state index < -0.39 is 9.84 Å². The zero-order chi connectivity index (χ0) is 20.5. The number of aliphatic hydroxyl groups is 1. The molecule has 1 aromatic carbocycles. The second-order valence-corrected chi connectivity index (χ2v) is 8.19. The lowest BCUT2D eigenvalue weighted by molar-refractivity contribution is 0.324. The summed E-state index contributed by atoms with van der Waals surface area (Å²) in [6.45, 7) is 13.9. The van der Waals surface area contributed by atoms with Crippen molar-refractivity contribution in [3.05, 3.63) is 36.0 Å². The second kappa shape index (κ2) is 10.3. The van der Waals surface area contributed by atoms with Crippen LogP contribution in [0.3, 0.4) is 0 Å². The monoisotopic (exact) mass is 383 g/mol. The van der Waals surface area contributed by atoms with E-state index in [1.807, 2.05) is 33.8 Å². The summed E-state index contributed by atoms with van der Waals surface area (Å²) in [6.07, 6.45) is 1.17. The summed E-state index contributed by atoms with van der Waals surface area (Å²) in [5.41, 5.74) is 1.46. The fourth-order valence-corrected chi connectivity index (χ4v) is 2.62. The van der Waals surface area contributed by atoms with Crippen molar-refractivity contribution >= 4 is 15.7 Å². The van der Waals surface area contributed by atoms with Crippen molar-refractivity contribution in [1.82, 2.24) is 9.78 Å². The van der Waals surface area contributed by atoms with Crippen LogP contribution in [0.1, 0.15) is 54.2 Å². The molecule has 0 aliphatic rings. The zero-order valence-corrected chi connectivity index (χ0v) is 18.0. The summed E-state index contributed by atoms with van der Waals surface area (Å²) < 4.78 is 24.7. The smallest absolute Gasteiger partial charge is 0.175 e. The van der Waals surface area contributed by atoms with E-state index in [9.17, 15) is 8.42 Å². The number of sulfone groups is 1. The van der Waals surface area contributed by atoms with E-state index in [4.69, 9.17) is 5.11 Å². The number of nitrogens with one attached hydrogen (secondary N) is 1. The summed E-state index contributed by atoms with van der Waals surface area (Å²) in [4.78, 5) is 0.260. The topological polar surface area (TPSA) is 84.2 Å². The Hall–Kier alpha value is -1.86. The third-order valence-electron chi connectivity index (χ3n) is 3.25. The van der Waals surface area contributed by atoms with Crippen LogP contribution in [0.4, 0.5) is 5.82 Å². The van der Waals surface area contributed by atoms with Crippen molar-refractivity contribution in [1.29, 1.82) is 0 Å². The van der Waals surface area contributed by atoms with Gasteiger partial charge in [-0.1, -0.05) is 48.5 Å². The number of aromatic nitrogens is 2. The lowest BCUT2D eigenvalue weighted by atomic mass is 9.92. The maximum absolute atomic E-state index is 11.5. The average Bonchev–Trinajstić information content (AvgIpc) is 3.02. The third-order valence-corrected chi connectivity index (χ3v) is 4.38. The predicted molar refractivity (Wildman–Crippen MR) is 109 cm³/mol. The zero-order valence-electron chi connectivity index (χ0n) is 17.2. The Bertz CT molecular complexity index is 758. The van der Waals surface area contributed by atoms with Crippen molar-refractivity contribution in [2.75, 3.05) is 18.3 Å². The van der Waals surface area contributed by atoms with Gasteiger partial charge in [0, 0.05) is 17.7 Å². The lowest BCUT2D eigenvalue weighted by Gasteiger charge is -2.14. The van der Waals surface area contributed by atoms with Crippen LogP contribution in [0.15, 0.2) is 35.2 Å². The Morgan fingerprint density at radius 3 is 1.96 bits per heavy atom. The number of hydrogen-bond acceptors (Lipinski definition) is 5. The van der Waals surface area contributed by atoms with E-state index in [0.29, 0.717) is 5.82 Å². The molecule has 7 heteroatoms. The molecule has 0 aliphatic heterocycles. The maximum atomic E-state index is 11.5. The largest absolute Gasteiger partial charge is 0.377 e. The molecule has 0 saturated carbocycles. The second-order valence-electron chi connectivity index (χ2n) is 6.18. The Labute approximate surface area is 158 Å². The van der Waals surface area contributed by atoms with Crippen LogP contribution in [0, 0.1) is 0 Å². The van der Waals surface area contributed by atoms with Gasteiger partial charge in [0.15, 0.2) is 9.84 Å². The molecular formula is C19H33N3O3S. The summed E-state index contributed by atoms with van der Waals surface area (Å²) >= 11 is 0. The maximum Gasteiger partial charge on any atom is 0.175 e. The molecule has 148 valence electrons. The molecule has 0 radical (unpaired) electrons. The predicted octanol–water partition coefficient (Wildman–Crippen LogP) is 3.99. The van der Waals surface area contributed by atoms with Crippen LogP contribution in [0.25, 0.3) is 5.69 Å². The van der Waals surface area contributed by atoms with E-state index in [0.717, 1.165) is 11.4 Å². The van der Waals surface area contributed by atoms with Crippen LogP contribution in [-0.2, 0) is 15.3 Å².